The van der Waals surface area contributed by atoms with E-state index >= 15 is 0 Å². The molecule has 3 heteroatoms. The molecule has 0 bridgehead atoms. The Morgan fingerprint density at radius 3 is 2.26 bits per heavy atom. The number of benzene rings is 1. The number of hydrogen-bond donors (Lipinski definition) is 0. The van der Waals surface area contributed by atoms with Gasteiger partial charge < -0.3 is 4.74 Å². The molecule has 0 saturated heterocycles. The summed E-state index contributed by atoms with van der Waals surface area (Å²) in [6.45, 7) is 8.13. The molecular formula is C16H23FO2. The molecule has 0 saturated carbocycles. The maximum atomic E-state index is 14.0. The van der Waals surface area contributed by atoms with Crippen LogP contribution in [0.1, 0.15) is 33.3 Å². The topological polar surface area (TPSA) is 26.3 Å². The Bertz CT molecular complexity index is 430. The van der Waals surface area contributed by atoms with Gasteiger partial charge in [-0.15, -0.1) is 0 Å². The molecule has 19 heavy (non-hydrogen) atoms. The molecule has 0 aromatic heterocycles. The molecule has 0 heterocycles. The normalized spacial score (nSPS) is 11.4. The second-order valence-electron chi connectivity index (χ2n) is 5.59. The first kappa shape index (κ1) is 15.7. The van der Waals surface area contributed by atoms with Crippen LogP contribution in [0, 0.1) is 23.6 Å². The van der Waals surface area contributed by atoms with E-state index in [0.29, 0.717) is 5.56 Å². The van der Waals surface area contributed by atoms with Gasteiger partial charge in [0.15, 0.2) is 11.6 Å². The third-order valence-electron chi connectivity index (χ3n) is 3.44. The van der Waals surface area contributed by atoms with Crippen LogP contribution in [-0.2, 0) is 11.2 Å². The SMILES string of the molecule is COc1cccc(CC(=O)C(C(C)C)C(C)C)c1F. The van der Waals surface area contributed by atoms with E-state index in [-0.39, 0.29) is 35.7 Å². The lowest BCUT2D eigenvalue weighted by Gasteiger charge is -2.23. The second kappa shape index (κ2) is 6.69. The number of methoxy groups -OCH3 is 1. The first-order chi connectivity index (χ1) is 8.88. The van der Waals surface area contributed by atoms with Gasteiger partial charge in [0.1, 0.15) is 5.78 Å². The molecule has 0 aliphatic carbocycles. The van der Waals surface area contributed by atoms with Gasteiger partial charge in [-0.3, -0.25) is 4.79 Å². The Morgan fingerprint density at radius 1 is 1.21 bits per heavy atom. The fourth-order valence-electron chi connectivity index (χ4n) is 2.67. The van der Waals surface area contributed by atoms with Crippen LogP contribution in [0.3, 0.4) is 0 Å². The van der Waals surface area contributed by atoms with Gasteiger partial charge in [0.25, 0.3) is 0 Å². The van der Waals surface area contributed by atoms with Crippen molar-refractivity contribution in [2.75, 3.05) is 7.11 Å². The first-order valence-electron chi connectivity index (χ1n) is 6.72. The van der Waals surface area contributed by atoms with Crippen molar-refractivity contribution in [2.45, 2.75) is 34.1 Å². The van der Waals surface area contributed by atoms with Crippen LogP contribution in [0.25, 0.3) is 0 Å². The molecule has 1 rings (SSSR count). The summed E-state index contributed by atoms with van der Waals surface area (Å²) in [7, 11) is 1.43. The van der Waals surface area contributed by atoms with Gasteiger partial charge in [-0.2, -0.15) is 0 Å². The van der Waals surface area contributed by atoms with Gasteiger partial charge >= 0.3 is 0 Å². The summed E-state index contributed by atoms with van der Waals surface area (Å²) in [4.78, 5) is 12.3. The molecule has 0 spiro atoms. The summed E-state index contributed by atoms with van der Waals surface area (Å²) >= 11 is 0. The number of ketones is 1. The van der Waals surface area contributed by atoms with Crippen LogP contribution in [0.15, 0.2) is 18.2 Å². The summed E-state index contributed by atoms with van der Waals surface area (Å²) < 4.78 is 19.0. The van der Waals surface area contributed by atoms with Gasteiger partial charge in [-0.25, -0.2) is 4.39 Å². The molecule has 0 radical (unpaired) electrons. The zero-order valence-corrected chi connectivity index (χ0v) is 12.4. The summed E-state index contributed by atoms with van der Waals surface area (Å²) in [5, 5.41) is 0. The van der Waals surface area contributed by atoms with Gasteiger partial charge in [-0.1, -0.05) is 39.8 Å². The largest absolute Gasteiger partial charge is 0.494 e. The quantitative estimate of drug-likeness (QED) is 0.781. The minimum Gasteiger partial charge on any atom is -0.494 e. The number of Topliss-reactive ketones (excluding diaryl/α,β-unsaturated/α-hetero) is 1. The standard InChI is InChI=1S/C16H23FO2/c1-10(2)15(11(3)4)13(18)9-12-7-6-8-14(19-5)16(12)17/h6-8,10-11,15H,9H2,1-5H3. The smallest absolute Gasteiger partial charge is 0.168 e. The third kappa shape index (κ3) is 3.79. The van der Waals surface area contributed by atoms with Gasteiger partial charge in [0.05, 0.1) is 7.11 Å². The fourth-order valence-corrected chi connectivity index (χ4v) is 2.67. The lowest BCUT2D eigenvalue weighted by atomic mass is 9.80. The number of rotatable bonds is 6. The average molecular weight is 266 g/mol. The van der Waals surface area contributed by atoms with E-state index in [1.165, 1.54) is 7.11 Å². The number of carbonyl (C=O) groups is 1. The highest BCUT2D eigenvalue weighted by Gasteiger charge is 2.26. The van der Waals surface area contributed by atoms with Crippen LogP contribution in [0.4, 0.5) is 4.39 Å². The molecule has 0 unspecified atom stereocenters. The van der Waals surface area contributed by atoms with Crippen LogP contribution in [0.5, 0.6) is 5.75 Å². The lowest BCUT2D eigenvalue weighted by molar-refractivity contribution is -0.125. The van der Waals surface area contributed by atoms with E-state index in [4.69, 9.17) is 4.74 Å². The maximum Gasteiger partial charge on any atom is 0.168 e. The summed E-state index contributed by atoms with van der Waals surface area (Å²) in [5.41, 5.74) is 0.413. The Balaban J connectivity index is 2.93. The zero-order chi connectivity index (χ0) is 14.6. The Hall–Kier alpha value is -1.38. The number of carbonyl (C=O) groups excluding carboxylic acids is 1. The van der Waals surface area contributed by atoms with Crippen LogP contribution < -0.4 is 4.74 Å². The van der Waals surface area contributed by atoms with E-state index < -0.39 is 5.82 Å². The fraction of sp³-hybridized carbons (Fsp3) is 0.562. The van der Waals surface area contributed by atoms with Crippen molar-refractivity contribution in [2.24, 2.45) is 17.8 Å². The summed E-state index contributed by atoms with van der Waals surface area (Å²) in [6, 6.07) is 4.92. The van der Waals surface area contributed by atoms with Crippen LogP contribution >= 0.6 is 0 Å². The van der Waals surface area contributed by atoms with Crippen molar-refractivity contribution < 1.29 is 13.9 Å². The van der Waals surface area contributed by atoms with E-state index in [0.717, 1.165) is 0 Å². The highest BCUT2D eigenvalue weighted by atomic mass is 19.1. The van der Waals surface area contributed by atoms with Crippen molar-refractivity contribution in [3.05, 3.63) is 29.6 Å². The Labute approximate surface area is 115 Å². The van der Waals surface area contributed by atoms with E-state index in [1.807, 2.05) is 27.7 Å². The van der Waals surface area contributed by atoms with Gasteiger partial charge in [-0.05, 0) is 23.5 Å². The van der Waals surface area contributed by atoms with Crippen molar-refractivity contribution >= 4 is 5.78 Å². The molecule has 0 aliphatic heterocycles. The molecule has 0 N–H and O–H groups in total. The Kier molecular flexibility index (Phi) is 5.52. The van der Waals surface area contributed by atoms with Crippen LogP contribution in [0.2, 0.25) is 0 Å². The lowest BCUT2D eigenvalue weighted by Crippen LogP contribution is -2.27. The van der Waals surface area contributed by atoms with E-state index in [2.05, 4.69) is 0 Å². The molecule has 0 atom stereocenters. The average Bonchev–Trinajstić information content (AvgIpc) is 2.30. The number of halogens is 1. The third-order valence-corrected chi connectivity index (χ3v) is 3.44. The molecular weight excluding hydrogens is 243 g/mol. The van der Waals surface area contributed by atoms with Crippen molar-refractivity contribution in [3.63, 3.8) is 0 Å². The first-order valence-corrected chi connectivity index (χ1v) is 6.72. The molecule has 1 aromatic rings. The molecule has 0 amide bonds. The van der Waals surface area contributed by atoms with Crippen molar-refractivity contribution in [1.29, 1.82) is 0 Å². The van der Waals surface area contributed by atoms with Gasteiger partial charge in [0, 0.05) is 12.3 Å². The van der Waals surface area contributed by atoms with Crippen molar-refractivity contribution in [3.8, 4) is 5.75 Å². The van der Waals surface area contributed by atoms with E-state index in [9.17, 15) is 9.18 Å². The minimum atomic E-state index is -0.426. The second-order valence-corrected chi connectivity index (χ2v) is 5.59. The Morgan fingerprint density at radius 2 is 1.79 bits per heavy atom. The molecule has 2 nitrogen and oxygen atoms in total. The van der Waals surface area contributed by atoms with Crippen LogP contribution in [-0.4, -0.2) is 12.9 Å². The zero-order valence-electron chi connectivity index (χ0n) is 12.4. The predicted octanol–water partition coefficient (Wildman–Crippen LogP) is 3.87. The molecule has 0 aliphatic rings. The monoisotopic (exact) mass is 266 g/mol. The number of ether oxygens (including phenoxy) is 1. The minimum absolute atomic E-state index is 0.0365. The van der Waals surface area contributed by atoms with E-state index in [1.54, 1.807) is 18.2 Å². The molecule has 1 aromatic carbocycles. The summed E-state index contributed by atoms with van der Waals surface area (Å²) in [5.74, 6) is 0.352. The molecule has 106 valence electrons. The highest BCUT2D eigenvalue weighted by molar-refractivity contribution is 5.83. The maximum absolute atomic E-state index is 14.0. The highest BCUT2D eigenvalue weighted by Crippen LogP contribution is 2.26. The number of hydrogen-bond acceptors (Lipinski definition) is 2. The predicted molar refractivity (Wildman–Crippen MR) is 74.8 cm³/mol. The van der Waals surface area contributed by atoms with Gasteiger partial charge in [0.2, 0.25) is 0 Å². The van der Waals surface area contributed by atoms with Crippen molar-refractivity contribution in [1.82, 2.24) is 0 Å². The summed E-state index contributed by atoms with van der Waals surface area (Å²) in [6.07, 6.45) is 0.129. The molecule has 0 fully saturated rings.